The average molecular weight is 163 g/mol. The van der Waals surface area contributed by atoms with Crippen LogP contribution in [0.2, 0.25) is 0 Å². The quantitative estimate of drug-likeness (QED) is 0.612. The van der Waals surface area contributed by atoms with Gasteiger partial charge in [-0.15, -0.1) is 5.92 Å². The van der Waals surface area contributed by atoms with Gasteiger partial charge in [0.2, 0.25) is 0 Å². The molecule has 4 nitrogen and oxygen atoms in total. The van der Waals surface area contributed by atoms with E-state index < -0.39 is 0 Å². The molecule has 62 valence electrons. The predicted molar refractivity (Wildman–Crippen MR) is 46.8 cm³/mol. The largest absolute Gasteiger partial charge is 0.355 e. The monoisotopic (exact) mass is 163 g/mol. The highest BCUT2D eigenvalue weighted by Crippen LogP contribution is 1.86. The lowest BCUT2D eigenvalue weighted by atomic mass is 10.5. The molecule has 0 aliphatic carbocycles. The Morgan fingerprint density at radius 3 is 3.25 bits per heavy atom. The highest BCUT2D eigenvalue weighted by atomic mass is 16.1. The van der Waals surface area contributed by atoms with Crippen molar-refractivity contribution in [1.82, 2.24) is 9.97 Å². The number of nitrogens with one attached hydrogen (secondary N) is 2. The zero-order valence-corrected chi connectivity index (χ0v) is 6.72. The summed E-state index contributed by atoms with van der Waals surface area (Å²) in [7, 11) is 0. The molecule has 0 atom stereocenters. The van der Waals surface area contributed by atoms with Crippen LogP contribution in [0.5, 0.6) is 0 Å². The summed E-state index contributed by atoms with van der Waals surface area (Å²) in [5.74, 6) is 5.78. The van der Waals surface area contributed by atoms with Crippen LogP contribution in [0.4, 0.5) is 5.82 Å². The number of H-pyrrole nitrogens is 1. The lowest BCUT2D eigenvalue weighted by Crippen LogP contribution is -2.15. The standard InChI is InChI=1S/C8H9N3O/c1-2-3-4-9-7-8(12)11-6-5-10-7/h5-6H,4H2,1H3,(H,9,10)(H,11,12). The molecule has 0 amide bonds. The fraction of sp³-hybridized carbons (Fsp3) is 0.250. The SMILES string of the molecule is CC#CCNc1ncc[nH]c1=O. The number of hydrogen-bond acceptors (Lipinski definition) is 3. The Morgan fingerprint density at radius 1 is 1.75 bits per heavy atom. The molecule has 1 rings (SSSR count). The van der Waals surface area contributed by atoms with Gasteiger partial charge in [-0.05, 0) is 6.92 Å². The average Bonchev–Trinajstić information content (AvgIpc) is 2.09. The lowest BCUT2D eigenvalue weighted by Gasteiger charge is -1.96. The molecule has 0 aliphatic heterocycles. The van der Waals surface area contributed by atoms with Gasteiger partial charge in [-0.3, -0.25) is 4.79 Å². The topological polar surface area (TPSA) is 57.8 Å². The van der Waals surface area contributed by atoms with E-state index >= 15 is 0 Å². The van der Waals surface area contributed by atoms with Crippen LogP contribution in [0.3, 0.4) is 0 Å². The highest BCUT2D eigenvalue weighted by molar-refractivity contribution is 5.31. The number of aromatic nitrogens is 2. The third-order valence-electron chi connectivity index (χ3n) is 1.23. The van der Waals surface area contributed by atoms with Crippen LogP contribution < -0.4 is 10.9 Å². The number of hydrogen-bond donors (Lipinski definition) is 2. The summed E-state index contributed by atoms with van der Waals surface area (Å²) >= 11 is 0. The molecule has 1 heterocycles. The first-order valence-electron chi connectivity index (χ1n) is 3.52. The minimum Gasteiger partial charge on any atom is -0.355 e. The minimum absolute atomic E-state index is 0.226. The Labute approximate surface area is 70.0 Å². The molecule has 4 heteroatoms. The molecule has 0 saturated heterocycles. The minimum atomic E-state index is -0.226. The summed E-state index contributed by atoms with van der Waals surface area (Å²) in [5.41, 5.74) is -0.226. The summed E-state index contributed by atoms with van der Waals surface area (Å²) in [6.07, 6.45) is 3.00. The van der Waals surface area contributed by atoms with Crippen molar-refractivity contribution in [3.05, 3.63) is 22.7 Å². The third kappa shape index (κ3) is 2.13. The van der Waals surface area contributed by atoms with E-state index in [1.54, 1.807) is 6.92 Å². The van der Waals surface area contributed by atoms with Crippen molar-refractivity contribution in [1.29, 1.82) is 0 Å². The molecule has 1 aromatic rings. The molecule has 1 aromatic heterocycles. The zero-order chi connectivity index (χ0) is 8.81. The Hall–Kier alpha value is -1.76. The van der Waals surface area contributed by atoms with E-state index in [0.29, 0.717) is 12.4 Å². The Morgan fingerprint density at radius 2 is 2.58 bits per heavy atom. The van der Waals surface area contributed by atoms with Crippen molar-refractivity contribution in [3.63, 3.8) is 0 Å². The summed E-state index contributed by atoms with van der Waals surface area (Å²) in [4.78, 5) is 17.3. The summed E-state index contributed by atoms with van der Waals surface area (Å²) < 4.78 is 0. The predicted octanol–water partition coefficient (Wildman–Crippen LogP) is 0.205. The highest BCUT2D eigenvalue weighted by Gasteiger charge is 1.94. The van der Waals surface area contributed by atoms with Crippen molar-refractivity contribution in [3.8, 4) is 11.8 Å². The van der Waals surface area contributed by atoms with Crippen LogP contribution in [0.25, 0.3) is 0 Å². The molecule has 12 heavy (non-hydrogen) atoms. The Kier molecular flexibility index (Phi) is 2.91. The number of anilines is 1. The third-order valence-corrected chi connectivity index (χ3v) is 1.23. The second-order valence-corrected chi connectivity index (χ2v) is 2.05. The van der Waals surface area contributed by atoms with Gasteiger partial charge in [-0.1, -0.05) is 5.92 Å². The maximum Gasteiger partial charge on any atom is 0.290 e. The number of nitrogens with zero attached hydrogens (tertiary/aromatic N) is 1. The van der Waals surface area contributed by atoms with Crippen molar-refractivity contribution < 1.29 is 0 Å². The first-order chi connectivity index (χ1) is 5.84. The van der Waals surface area contributed by atoms with Crippen LogP contribution in [-0.4, -0.2) is 16.5 Å². The van der Waals surface area contributed by atoms with Crippen molar-refractivity contribution in [2.24, 2.45) is 0 Å². The molecule has 0 aliphatic rings. The van der Waals surface area contributed by atoms with Crippen molar-refractivity contribution >= 4 is 5.82 Å². The van der Waals surface area contributed by atoms with Gasteiger partial charge in [0.05, 0.1) is 6.54 Å². The molecule has 0 spiro atoms. The van der Waals surface area contributed by atoms with Gasteiger partial charge in [0.15, 0.2) is 5.82 Å². The summed E-state index contributed by atoms with van der Waals surface area (Å²) in [6, 6.07) is 0. The Balaban J connectivity index is 2.67. The van der Waals surface area contributed by atoms with E-state index in [2.05, 4.69) is 27.1 Å². The lowest BCUT2D eigenvalue weighted by molar-refractivity contribution is 1.12. The number of rotatable bonds is 2. The summed E-state index contributed by atoms with van der Waals surface area (Å²) in [5, 5.41) is 2.79. The van der Waals surface area contributed by atoms with Gasteiger partial charge in [0, 0.05) is 12.4 Å². The van der Waals surface area contributed by atoms with Crippen LogP contribution in [0, 0.1) is 11.8 Å². The van der Waals surface area contributed by atoms with Crippen molar-refractivity contribution in [2.45, 2.75) is 6.92 Å². The molecule has 0 saturated carbocycles. The van der Waals surface area contributed by atoms with Gasteiger partial charge in [-0.2, -0.15) is 0 Å². The number of aromatic amines is 1. The first-order valence-corrected chi connectivity index (χ1v) is 3.52. The fourth-order valence-corrected chi connectivity index (χ4v) is 0.694. The summed E-state index contributed by atoms with van der Waals surface area (Å²) in [6.45, 7) is 2.18. The zero-order valence-electron chi connectivity index (χ0n) is 6.72. The molecule has 0 aromatic carbocycles. The second kappa shape index (κ2) is 4.19. The van der Waals surface area contributed by atoms with E-state index in [-0.39, 0.29) is 5.56 Å². The molecule has 0 unspecified atom stereocenters. The molecule has 0 radical (unpaired) electrons. The maximum absolute atomic E-state index is 11.0. The van der Waals surface area contributed by atoms with Gasteiger partial charge in [0.1, 0.15) is 0 Å². The van der Waals surface area contributed by atoms with E-state index in [9.17, 15) is 4.79 Å². The molecule has 0 bridgehead atoms. The molecular weight excluding hydrogens is 154 g/mol. The van der Waals surface area contributed by atoms with Gasteiger partial charge in [-0.25, -0.2) is 4.98 Å². The van der Waals surface area contributed by atoms with Crippen LogP contribution in [0.1, 0.15) is 6.92 Å². The van der Waals surface area contributed by atoms with Crippen molar-refractivity contribution in [2.75, 3.05) is 11.9 Å². The first kappa shape index (κ1) is 8.34. The van der Waals surface area contributed by atoms with E-state index in [4.69, 9.17) is 0 Å². The van der Waals surface area contributed by atoms with Crippen LogP contribution in [0.15, 0.2) is 17.2 Å². The van der Waals surface area contributed by atoms with E-state index in [1.165, 1.54) is 12.4 Å². The van der Waals surface area contributed by atoms with Crippen LogP contribution in [-0.2, 0) is 0 Å². The van der Waals surface area contributed by atoms with Crippen LogP contribution >= 0.6 is 0 Å². The Bertz CT molecular complexity index is 358. The van der Waals surface area contributed by atoms with Gasteiger partial charge in [0.25, 0.3) is 5.56 Å². The molecular formula is C8H9N3O. The fourth-order valence-electron chi connectivity index (χ4n) is 0.694. The maximum atomic E-state index is 11.0. The molecule has 2 N–H and O–H groups in total. The smallest absolute Gasteiger partial charge is 0.290 e. The molecule has 0 fully saturated rings. The van der Waals surface area contributed by atoms with Gasteiger partial charge < -0.3 is 10.3 Å². The van der Waals surface area contributed by atoms with Gasteiger partial charge >= 0.3 is 0 Å². The van der Waals surface area contributed by atoms with E-state index in [1.807, 2.05) is 0 Å². The normalized spacial score (nSPS) is 8.42. The second-order valence-electron chi connectivity index (χ2n) is 2.05. The van der Waals surface area contributed by atoms with E-state index in [0.717, 1.165) is 0 Å².